The van der Waals surface area contributed by atoms with Crippen molar-refractivity contribution in [3.05, 3.63) is 26.6 Å². The van der Waals surface area contributed by atoms with Crippen molar-refractivity contribution in [2.24, 2.45) is 0 Å². The van der Waals surface area contributed by atoms with Crippen molar-refractivity contribution in [1.82, 2.24) is 14.9 Å². The summed E-state index contributed by atoms with van der Waals surface area (Å²) in [6, 6.07) is 2.23. The number of ether oxygens (including phenoxy) is 1. The minimum Gasteiger partial charge on any atom is -0.448 e. The van der Waals surface area contributed by atoms with Gasteiger partial charge in [0.2, 0.25) is 0 Å². The van der Waals surface area contributed by atoms with Gasteiger partial charge in [-0.15, -0.1) is 11.3 Å². The highest BCUT2D eigenvalue weighted by molar-refractivity contribution is 7.20. The monoisotopic (exact) mass is 428 g/mol. The summed E-state index contributed by atoms with van der Waals surface area (Å²) >= 11 is 1.12. The van der Waals surface area contributed by atoms with Crippen molar-refractivity contribution < 1.29 is 14.3 Å². The smallest absolute Gasteiger partial charge is 0.349 e. The number of aromatic nitrogens is 2. The van der Waals surface area contributed by atoms with Gasteiger partial charge >= 0.3 is 5.97 Å². The number of hydrogen-bond acceptors (Lipinski definition) is 7. The summed E-state index contributed by atoms with van der Waals surface area (Å²) in [5.74, 6) is -0.393. The van der Waals surface area contributed by atoms with E-state index in [4.69, 9.17) is 4.74 Å². The first-order chi connectivity index (χ1) is 14.3. The second-order valence-corrected chi connectivity index (χ2v) is 9.12. The lowest BCUT2D eigenvalue weighted by Gasteiger charge is -2.32. The second kappa shape index (κ2) is 7.84. The first-order valence-corrected chi connectivity index (χ1v) is 11.1. The third kappa shape index (κ3) is 3.49. The highest BCUT2D eigenvalue weighted by atomic mass is 32.1. The molecule has 3 heterocycles. The minimum absolute atomic E-state index is 0.126. The molecule has 4 rings (SSSR count). The number of thiophene rings is 1. The molecule has 1 fully saturated rings. The van der Waals surface area contributed by atoms with E-state index in [1.54, 1.807) is 11.5 Å². The fraction of sp³-hybridized carbons (Fsp3) is 0.571. The summed E-state index contributed by atoms with van der Waals surface area (Å²) in [4.78, 5) is 43.5. The number of carbonyl (C=O) groups excluding carboxylic acids is 2. The van der Waals surface area contributed by atoms with Gasteiger partial charge in [0.15, 0.2) is 6.10 Å². The number of aryl methyl sites for hydroxylation is 2. The van der Waals surface area contributed by atoms with E-state index in [0.29, 0.717) is 35.2 Å². The van der Waals surface area contributed by atoms with E-state index < -0.39 is 23.5 Å². The Morgan fingerprint density at radius 2 is 2.03 bits per heavy atom. The van der Waals surface area contributed by atoms with Crippen LogP contribution in [0, 0.1) is 18.3 Å². The van der Waals surface area contributed by atoms with Crippen molar-refractivity contribution in [1.29, 1.82) is 5.26 Å². The maximum Gasteiger partial charge on any atom is 0.349 e. The third-order valence-electron chi connectivity index (χ3n) is 6.03. The Hall–Kier alpha value is -2.73. The van der Waals surface area contributed by atoms with E-state index in [0.717, 1.165) is 49.3 Å². The first kappa shape index (κ1) is 20.5. The molecule has 1 saturated carbocycles. The minimum atomic E-state index is -1.05. The molecule has 2 aromatic rings. The molecule has 0 saturated heterocycles. The van der Waals surface area contributed by atoms with Crippen LogP contribution < -0.4 is 10.9 Å². The Labute approximate surface area is 177 Å². The molecule has 0 spiro atoms. The third-order valence-corrected chi connectivity index (χ3v) is 7.20. The molecule has 0 aromatic carbocycles. The zero-order valence-corrected chi connectivity index (χ0v) is 17.9. The molecule has 0 bridgehead atoms. The Bertz CT molecular complexity index is 1120. The lowest BCUT2D eigenvalue weighted by Crippen LogP contribution is -2.52. The molecule has 1 aliphatic heterocycles. The zero-order chi connectivity index (χ0) is 21.5. The summed E-state index contributed by atoms with van der Waals surface area (Å²) < 4.78 is 7.06. The second-order valence-electron chi connectivity index (χ2n) is 8.12. The number of fused-ring (bicyclic) bond motifs is 2. The van der Waals surface area contributed by atoms with Crippen molar-refractivity contribution in [2.45, 2.75) is 77.0 Å². The van der Waals surface area contributed by atoms with E-state index in [9.17, 15) is 19.6 Å². The molecular formula is C21H24N4O4S. The summed E-state index contributed by atoms with van der Waals surface area (Å²) in [6.07, 6.45) is 4.62. The van der Waals surface area contributed by atoms with Crippen LogP contribution in [-0.4, -0.2) is 33.1 Å². The van der Waals surface area contributed by atoms with Gasteiger partial charge in [-0.3, -0.25) is 14.2 Å². The fourth-order valence-corrected chi connectivity index (χ4v) is 5.37. The van der Waals surface area contributed by atoms with E-state index in [-0.39, 0.29) is 10.4 Å². The maximum atomic E-state index is 12.8. The fourth-order valence-electron chi connectivity index (χ4n) is 4.30. The normalized spacial score (nSPS) is 18.4. The van der Waals surface area contributed by atoms with Gasteiger partial charge in [0.05, 0.1) is 11.5 Å². The molecule has 8 nitrogen and oxygen atoms in total. The quantitative estimate of drug-likeness (QED) is 0.749. The van der Waals surface area contributed by atoms with Crippen molar-refractivity contribution in [3.8, 4) is 6.07 Å². The van der Waals surface area contributed by atoms with Gasteiger partial charge in [-0.2, -0.15) is 5.26 Å². The summed E-state index contributed by atoms with van der Waals surface area (Å²) in [6.45, 7) is 3.84. The van der Waals surface area contributed by atoms with Crippen LogP contribution in [0.2, 0.25) is 0 Å². The molecule has 158 valence electrons. The summed E-state index contributed by atoms with van der Waals surface area (Å²) in [5.41, 5.74) is -0.477. The predicted octanol–water partition coefficient (Wildman–Crippen LogP) is 2.60. The summed E-state index contributed by atoms with van der Waals surface area (Å²) in [5, 5.41) is 12.8. The van der Waals surface area contributed by atoms with Crippen molar-refractivity contribution >= 4 is 33.4 Å². The van der Waals surface area contributed by atoms with E-state index in [1.165, 1.54) is 6.92 Å². The molecule has 2 aromatic heterocycles. The molecule has 1 N–H and O–H groups in total. The topological polar surface area (TPSA) is 114 Å². The number of hydrogen-bond donors (Lipinski definition) is 1. The number of rotatable bonds is 4. The highest BCUT2D eigenvalue weighted by Gasteiger charge is 2.36. The van der Waals surface area contributed by atoms with Gasteiger partial charge in [-0.05, 0) is 38.7 Å². The Morgan fingerprint density at radius 3 is 2.73 bits per heavy atom. The Kier molecular flexibility index (Phi) is 5.36. The van der Waals surface area contributed by atoms with Gasteiger partial charge in [-0.25, -0.2) is 9.78 Å². The molecular weight excluding hydrogens is 404 g/mol. The summed E-state index contributed by atoms with van der Waals surface area (Å²) in [7, 11) is 0. The van der Waals surface area contributed by atoms with Crippen LogP contribution in [0.5, 0.6) is 0 Å². The van der Waals surface area contributed by atoms with Gasteiger partial charge in [-0.1, -0.05) is 19.3 Å². The van der Waals surface area contributed by atoms with E-state index >= 15 is 0 Å². The Balaban J connectivity index is 1.52. The zero-order valence-electron chi connectivity index (χ0n) is 17.1. The lowest BCUT2D eigenvalue weighted by molar-refractivity contribution is -0.130. The van der Waals surface area contributed by atoms with Gasteiger partial charge in [0.1, 0.15) is 21.1 Å². The molecule has 1 aliphatic carbocycles. The SMILES string of the molecule is Cc1c(C(=O)OC(C)C(=O)NC2(C#N)CCCCC2)sc2nc3n(c(=O)c12)CCC3. The lowest BCUT2D eigenvalue weighted by atomic mass is 9.83. The molecule has 2 aliphatic rings. The van der Waals surface area contributed by atoms with Gasteiger partial charge in [0.25, 0.3) is 11.5 Å². The standard InChI is InChI=1S/C21H24N4O4S/c1-12-15-18(23-14-7-6-10-25(14)19(15)27)30-16(12)20(28)29-13(2)17(26)24-21(11-22)8-4-3-5-9-21/h13H,3-10H2,1-2H3,(H,24,26). The van der Waals surface area contributed by atoms with Gasteiger partial charge in [0, 0.05) is 13.0 Å². The van der Waals surface area contributed by atoms with Gasteiger partial charge < -0.3 is 10.1 Å². The van der Waals surface area contributed by atoms with Crippen LogP contribution in [0.25, 0.3) is 10.2 Å². The molecule has 0 radical (unpaired) electrons. The largest absolute Gasteiger partial charge is 0.448 e. The van der Waals surface area contributed by atoms with Crippen LogP contribution in [0.3, 0.4) is 0 Å². The average Bonchev–Trinajstić information content (AvgIpc) is 3.33. The molecule has 1 atom stereocenters. The highest BCUT2D eigenvalue weighted by Crippen LogP contribution is 2.30. The van der Waals surface area contributed by atoms with Crippen LogP contribution >= 0.6 is 11.3 Å². The number of nitriles is 1. The predicted molar refractivity (Wildman–Crippen MR) is 111 cm³/mol. The van der Waals surface area contributed by atoms with Crippen LogP contribution in [-0.2, 0) is 22.5 Å². The molecule has 1 unspecified atom stereocenters. The van der Waals surface area contributed by atoms with E-state index in [1.807, 2.05) is 0 Å². The van der Waals surface area contributed by atoms with Crippen LogP contribution in [0.15, 0.2) is 4.79 Å². The van der Waals surface area contributed by atoms with E-state index in [2.05, 4.69) is 16.4 Å². The van der Waals surface area contributed by atoms with Crippen LogP contribution in [0.1, 0.15) is 66.5 Å². The van der Waals surface area contributed by atoms with Crippen molar-refractivity contribution in [2.75, 3.05) is 0 Å². The average molecular weight is 429 g/mol. The molecule has 30 heavy (non-hydrogen) atoms. The molecule has 1 amide bonds. The maximum absolute atomic E-state index is 12.8. The molecule has 9 heteroatoms. The number of nitrogens with zero attached hydrogens (tertiary/aromatic N) is 3. The number of carbonyl (C=O) groups is 2. The number of nitrogens with one attached hydrogen (secondary N) is 1. The Morgan fingerprint density at radius 1 is 1.30 bits per heavy atom. The van der Waals surface area contributed by atoms with Crippen LogP contribution in [0.4, 0.5) is 0 Å². The first-order valence-electron chi connectivity index (χ1n) is 10.3. The van der Waals surface area contributed by atoms with Crippen molar-refractivity contribution in [3.63, 3.8) is 0 Å². The number of esters is 1. The number of amides is 1.